The van der Waals surface area contributed by atoms with Crippen LogP contribution in [0.15, 0.2) is 21.6 Å². The Morgan fingerprint density at radius 2 is 2.31 bits per heavy atom. The van der Waals surface area contributed by atoms with Crippen molar-refractivity contribution in [3.8, 4) is 0 Å². The molecule has 1 rings (SSSR count). The SMILES string of the molecule is CCCS(=O)c1ccc(C(=O)O)o1. The molecular formula is C8H10O4S. The molecule has 0 aliphatic carbocycles. The fourth-order valence-corrected chi connectivity index (χ4v) is 1.82. The highest BCUT2D eigenvalue weighted by Crippen LogP contribution is 2.12. The van der Waals surface area contributed by atoms with Crippen molar-refractivity contribution in [1.29, 1.82) is 0 Å². The third-order valence-electron chi connectivity index (χ3n) is 1.41. The molecule has 0 fully saturated rings. The molecule has 0 aliphatic heterocycles. The summed E-state index contributed by atoms with van der Waals surface area (Å²) < 4.78 is 16.2. The highest BCUT2D eigenvalue weighted by Gasteiger charge is 2.12. The van der Waals surface area contributed by atoms with E-state index in [1.165, 1.54) is 12.1 Å². The number of aromatic carboxylic acids is 1. The molecule has 1 aromatic heterocycles. The van der Waals surface area contributed by atoms with E-state index in [9.17, 15) is 9.00 Å². The monoisotopic (exact) mass is 202 g/mol. The molecule has 5 heteroatoms. The van der Waals surface area contributed by atoms with Crippen molar-refractivity contribution < 1.29 is 18.5 Å². The number of carbonyl (C=O) groups is 1. The van der Waals surface area contributed by atoms with Crippen molar-refractivity contribution in [2.75, 3.05) is 5.75 Å². The summed E-state index contributed by atoms with van der Waals surface area (Å²) in [5.74, 6) is -0.814. The van der Waals surface area contributed by atoms with Gasteiger partial charge in [0.2, 0.25) is 5.76 Å². The van der Waals surface area contributed by atoms with Crippen LogP contribution in [0.2, 0.25) is 0 Å². The molecule has 0 amide bonds. The highest BCUT2D eigenvalue weighted by atomic mass is 32.2. The zero-order chi connectivity index (χ0) is 9.84. The minimum atomic E-state index is -1.21. The number of furan rings is 1. The molecule has 0 aromatic carbocycles. The highest BCUT2D eigenvalue weighted by molar-refractivity contribution is 7.84. The van der Waals surface area contributed by atoms with Gasteiger partial charge in [0.25, 0.3) is 0 Å². The molecular weight excluding hydrogens is 192 g/mol. The van der Waals surface area contributed by atoms with Crippen LogP contribution in [0, 0.1) is 0 Å². The maximum absolute atomic E-state index is 11.3. The van der Waals surface area contributed by atoms with Gasteiger partial charge < -0.3 is 9.52 Å². The van der Waals surface area contributed by atoms with Gasteiger partial charge in [-0.25, -0.2) is 4.79 Å². The van der Waals surface area contributed by atoms with Crippen molar-refractivity contribution in [2.24, 2.45) is 0 Å². The molecule has 0 aliphatic rings. The zero-order valence-corrected chi connectivity index (χ0v) is 7.97. The number of hydrogen-bond donors (Lipinski definition) is 1. The van der Waals surface area contributed by atoms with Crippen LogP contribution in [0.1, 0.15) is 23.9 Å². The first-order chi connectivity index (χ1) is 6.15. The topological polar surface area (TPSA) is 67.5 Å². The predicted molar refractivity (Wildman–Crippen MR) is 47.2 cm³/mol. The Morgan fingerprint density at radius 1 is 1.62 bits per heavy atom. The molecule has 1 heterocycles. The van der Waals surface area contributed by atoms with E-state index >= 15 is 0 Å². The van der Waals surface area contributed by atoms with Gasteiger partial charge in [-0.15, -0.1) is 0 Å². The minimum Gasteiger partial charge on any atom is -0.475 e. The van der Waals surface area contributed by atoms with Gasteiger partial charge in [-0.2, -0.15) is 0 Å². The van der Waals surface area contributed by atoms with E-state index in [0.717, 1.165) is 6.42 Å². The molecule has 72 valence electrons. The van der Waals surface area contributed by atoms with E-state index in [1.807, 2.05) is 6.92 Å². The summed E-state index contributed by atoms with van der Waals surface area (Å²) in [7, 11) is -1.21. The van der Waals surface area contributed by atoms with Crippen LogP contribution in [0.5, 0.6) is 0 Å². The molecule has 13 heavy (non-hydrogen) atoms. The van der Waals surface area contributed by atoms with E-state index < -0.39 is 16.8 Å². The van der Waals surface area contributed by atoms with Crippen LogP contribution in [-0.4, -0.2) is 21.0 Å². The summed E-state index contributed by atoms with van der Waals surface area (Å²) in [4.78, 5) is 10.4. The van der Waals surface area contributed by atoms with Crippen LogP contribution in [0.3, 0.4) is 0 Å². The lowest BCUT2D eigenvalue weighted by Crippen LogP contribution is -1.95. The lowest BCUT2D eigenvalue weighted by Gasteiger charge is -1.93. The van der Waals surface area contributed by atoms with E-state index in [1.54, 1.807) is 0 Å². The van der Waals surface area contributed by atoms with Gasteiger partial charge in [-0.1, -0.05) is 6.92 Å². The van der Waals surface area contributed by atoms with Crippen LogP contribution in [0.4, 0.5) is 0 Å². The molecule has 0 bridgehead atoms. The molecule has 1 unspecified atom stereocenters. The smallest absolute Gasteiger partial charge is 0.371 e. The van der Waals surface area contributed by atoms with Crippen molar-refractivity contribution in [3.05, 3.63) is 17.9 Å². The minimum absolute atomic E-state index is 0.167. The molecule has 1 atom stereocenters. The van der Waals surface area contributed by atoms with Gasteiger partial charge in [-0.05, 0) is 18.6 Å². The van der Waals surface area contributed by atoms with Gasteiger partial charge in [0.05, 0.1) is 10.8 Å². The Kier molecular flexibility index (Phi) is 3.25. The second-order valence-corrected chi connectivity index (χ2v) is 3.98. The fourth-order valence-electron chi connectivity index (χ4n) is 0.843. The molecule has 0 radical (unpaired) electrons. The van der Waals surface area contributed by atoms with Gasteiger partial charge in [0, 0.05) is 5.75 Å². The Bertz CT molecular complexity index is 329. The van der Waals surface area contributed by atoms with E-state index in [-0.39, 0.29) is 10.9 Å². The zero-order valence-electron chi connectivity index (χ0n) is 7.15. The fraction of sp³-hybridized carbons (Fsp3) is 0.375. The lowest BCUT2D eigenvalue weighted by atomic mass is 10.5. The van der Waals surface area contributed by atoms with Crippen LogP contribution >= 0.6 is 0 Å². The second-order valence-electron chi connectivity index (χ2n) is 2.47. The first kappa shape index (κ1) is 9.98. The van der Waals surface area contributed by atoms with Crippen LogP contribution in [0.25, 0.3) is 0 Å². The summed E-state index contributed by atoms with van der Waals surface area (Å²) in [6.45, 7) is 1.90. The van der Waals surface area contributed by atoms with Gasteiger partial charge in [0.1, 0.15) is 0 Å². The van der Waals surface area contributed by atoms with Crippen molar-refractivity contribution in [3.63, 3.8) is 0 Å². The van der Waals surface area contributed by atoms with E-state index in [4.69, 9.17) is 9.52 Å². The Hall–Kier alpha value is -1.10. The maximum Gasteiger partial charge on any atom is 0.371 e. The second kappa shape index (κ2) is 4.23. The number of rotatable bonds is 4. The van der Waals surface area contributed by atoms with Gasteiger partial charge >= 0.3 is 5.97 Å². The van der Waals surface area contributed by atoms with Crippen molar-refractivity contribution >= 4 is 16.8 Å². The summed E-state index contributed by atoms with van der Waals surface area (Å²) in [5, 5.41) is 8.75. The predicted octanol–water partition coefficient (Wildman–Crippen LogP) is 1.50. The molecule has 4 nitrogen and oxygen atoms in total. The van der Waals surface area contributed by atoms with E-state index in [2.05, 4.69) is 0 Å². The van der Waals surface area contributed by atoms with Crippen molar-refractivity contribution in [2.45, 2.75) is 18.4 Å². The molecule has 1 aromatic rings. The maximum atomic E-state index is 11.3. The first-order valence-corrected chi connectivity index (χ1v) is 5.18. The third kappa shape index (κ3) is 2.42. The van der Waals surface area contributed by atoms with Crippen LogP contribution < -0.4 is 0 Å². The van der Waals surface area contributed by atoms with Crippen molar-refractivity contribution in [1.82, 2.24) is 0 Å². The average molecular weight is 202 g/mol. The Balaban J connectivity index is 2.79. The largest absolute Gasteiger partial charge is 0.475 e. The summed E-state index contributed by atoms with van der Waals surface area (Å²) in [6, 6.07) is 2.75. The Labute approximate surface area is 78.0 Å². The number of hydrogen-bond acceptors (Lipinski definition) is 3. The van der Waals surface area contributed by atoms with Gasteiger partial charge in [0.15, 0.2) is 5.09 Å². The summed E-state index contributed by atoms with van der Waals surface area (Å²) in [6.07, 6.45) is 0.774. The lowest BCUT2D eigenvalue weighted by molar-refractivity contribution is 0.0656. The van der Waals surface area contributed by atoms with Crippen LogP contribution in [-0.2, 0) is 10.8 Å². The normalized spacial score (nSPS) is 12.7. The van der Waals surface area contributed by atoms with E-state index in [0.29, 0.717) is 5.75 Å². The number of carboxylic acid groups (broad SMARTS) is 1. The average Bonchev–Trinajstić information content (AvgIpc) is 2.52. The quantitative estimate of drug-likeness (QED) is 0.803. The molecule has 0 spiro atoms. The standard InChI is InChI=1S/C8H10O4S/c1-2-5-13(11)7-4-3-6(12-7)8(9)10/h3-4H,2,5H2,1H3,(H,9,10). The summed E-state index contributed by atoms with van der Waals surface area (Å²) in [5.41, 5.74) is 0. The Morgan fingerprint density at radius 3 is 2.77 bits per heavy atom. The molecule has 0 saturated carbocycles. The summed E-state index contributed by atoms with van der Waals surface area (Å²) >= 11 is 0. The molecule has 0 saturated heterocycles. The van der Waals surface area contributed by atoms with Gasteiger partial charge in [-0.3, -0.25) is 4.21 Å². The number of carboxylic acids is 1. The first-order valence-electron chi connectivity index (χ1n) is 3.86. The molecule has 1 N–H and O–H groups in total. The third-order valence-corrected chi connectivity index (χ3v) is 2.85.